The van der Waals surface area contributed by atoms with Gasteiger partial charge in [0, 0.05) is 29.4 Å². The van der Waals surface area contributed by atoms with E-state index in [2.05, 4.69) is 10.6 Å². The molecule has 0 saturated carbocycles. The van der Waals surface area contributed by atoms with Gasteiger partial charge in [0.25, 0.3) is 5.91 Å². The molecule has 8 heteroatoms. The number of hydrogen-bond acceptors (Lipinski definition) is 4. The molecule has 7 nitrogen and oxygen atoms in total. The Morgan fingerprint density at radius 3 is 2.44 bits per heavy atom. The maximum Gasteiger partial charge on any atom is 0.322 e. The molecule has 0 bridgehead atoms. The summed E-state index contributed by atoms with van der Waals surface area (Å²) in [4.78, 5) is 27.8. The third kappa shape index (κ3) is 5.10. The summed E-state index contributed by atoms with van der Waals surface area (Å²) in [6.07, 6.45) is 0.649. The number of hydrogen-bond donors (Lipinski definition) is 2. The van der Waals surface area contributed by atoms with Gasteiger partial charge in [-0.2, -0.15) is 0 Å². The highest BCUT2D eigenvalue weighted by atomic mass is 35.5. The second-order valence-corrected chi connectivity index (χ2v) is 8.32. The molecule has 3 amide bonds. The zero-order valence-electron chi connectivity index (χ0n) is 19.0. The van der Waals surface area contributed by atoms with Crippen LogP contribution >= 0.6 is 11.6 Å². The molecule has 0 fully saturated rings. The Morgan fingerprint density at radius 1 is 1.00 bits per heavy atom. The van der Waals surface area contributed by atoms with Gasteiger partial charge in [-0.25, -0.2) is 4.79 Å². The first kappa shape index (κ1) is 23.4. The Morgan fingerprint density at radius 2 is 1.74 bits per heavy atom. The van der Waals surface area contributed by atoms with Crippen LogP contribution in [0.5, 0.6) is 11.5 Å². The predicted molar refractivity (Wildman–Crippen MR) is 132 cm³/mol. The highest BCUT2D eigenvalue weighted by Gasteiger charge is 2.32. The van der Waals surface area contributed by atoms with Crippen molar-refractivity contribution >= 4 is 29.2 Å². The number of amides is 3. The van der Waals surface area contributed by atoms with Crippen LogP contribution in [0.4, 0.5) is 10.5 Å². The van der Waals surface area contributed by atoms with Gasteiger partial charge in [0.05, 0.1) is 20.3 Å². The van der Waals surface area contributed by atoms with Gasteiger partial charge in [0.1, 0.15) is 0 Å². The minimum Gasteiger partial charge on any atom is -0.493 e. The van der Waals surface area contributed by atoms with E-state index in [1.54, 1.807) is 43.4 Å². The second kappa shape index (κ2) is 10.5. The number of carbonyl (C=O) groups excluding carboxylic acids is 2. The van der Waals surface area contributed by atoms with Crippen LogP contribution in [-0.2, 0) is 6.42 Å². The average Bonchev–Trinajstić information content (AvgIpc) is 2.86. The van der Waals surface area contributed by atoms with Crippen molar-refractivity contribution in [3.8, 4) is 11.5 Å². The number of benzene rings is 3. The molecule has 4 rings (SSSR count). The summed E-state index contributed by atoms with van der Waals surface area (Å²) in [5.41, 5.74) is 3.10. The number of urea groups is 1. The molecule has 1 aliphatic rings. The third-order valence-corrected chi connectivity index (χ3v) is 6.07. The first-order valence-corrected chi connectivity index (χ1v) is 11.3. The number of anilines is 1. The fourth-order valence-corrected chi connectivity index (χ4v) is 4.32. The summed E-state index contributed by atoms with van der Waals surface area (Å²) < 4.78 is 11.0. The number of fused-ring (bicyclic) bond motifs is 1. The molecule has 0 saturated heterocycles. The molecular weight excluding hydrogens is 454 g/mol. The normalized spacial score (nSPS) is 14.7. The highest BCUT2D eigenvalue weighted by molar-refractivity contribution is 6.30. The van der Waals surface area contributed by atoms with Crippen molar-refractivity contribution in [1.29, 1.82) is 0 Å². The molecule has 176 valence electrons. The summed E-state index contributed by atoms with van der Waals surface area (Å²) in [7, 11) is 3.16. The van der Waals surface area contributed by atoms with Crippen LogP contribution in [0.1, 0.15) is 27.5 Å². The van der Waals surface area contributed by atoms with Crippen LogP contribution in [0.25, 0.3) is 0 Å². The van der Waals surface area contributed by atoms with Crippen molar-refractivity contribution in [1.82, 2.24) is 10.2 Å². The van der Waals surface area contributed by atoms with Gasteiger partial charge < -0.3 is 25.0 Å². The maximum absolute atomic E-state index is 13.3. The highest BCUT2D eigenvalue weighted by Crippen LogP contribution is 2.38. The standard InChI is InChI=1S/C26H26ClN3O4/c1-33-23-14-17-11-12-30(26(32)29-20-9-4-3-5-10-20)22(21(17)15-24(23)34-2)16-28-25(31)18-7-6-8-19(27)13-18/h3-10,13-15,22H,11-12,16H2,1-2H3,(H,28,31)(H,29,32)/t22-/m0/s1. The lowest BCUT2D eigenvalue weighted by molar-refractivity contribution is 0.0936. The molecular formula is C26H26ClN3O4. The quantitative estimate of drug-likeness (QED) is 0.526. The van der Waals surface area contributed by atoms with Gasteiger partial charge in [0.15, 0.2) is 11.5 Å². The first-order chi connectivity index (χ1) is 16.5. The summed E-state index contributed by atoms with van der Waals surface area (Å²) in [5.74, 6) is 0.932. The van der Waals surface area contributed by atoms with Crippen molar-refractivity contribution in [2.75, 3.05) is 32.6 Å². The van der Waals surface area contributed by atoms with E-state index < -0.39 is 6.04 Å². The lowest BCUT2D eigenvalue weighted by atomic mass is 9.91. The molecule has 1 heterocycles. The van der Waals surface area contributed by atoms with Crippen molar-refractivity contribution < 1.29 is 19.1 Å². The summed E-state index contributed by atoms with van der Waals surface area (Å²) in [6.45, 7) is 0.703. The minimum absolute atomic E-state index is 0.218. The first-order valence-electron chi connectivity index (χ1n) is 10.9. The van der Waals surface area contributed by atoms with E-state index in [0.717, 1.165) is 11.1 Å². The number of ether oxygens (including phenoxy) is 2. The molecule has 0 aromatic heterocycles. The van der Waals surface area contributed by atoms with E-state index in [9.17, 15) is 9.59 Å². The number of halogens is 1. The molecule has 0 radical (unpaired) electrons. The van der Waals surface area contributed by atoms with Crippen molar-refractivity contribution in [2.45, 2.75) is 12.5 Å². The molecule has 0 unspecified atom stereocenters. The molecule has 3 aromatic carbocycles. The zero-order valence-corrected chi connectivity index (χ0v) is 19.8. The van der Waals surface area contributed by atoms with Gasteiger partial charge in [-0.05, 0) is 60.0 Å². The van der Waals surface area contributed by atoms with Crippen molar-refractivity contribution in [3.63, 3.8) is 0 Å². The lowest BCUT2D eigenvalue weighted by Gasteiger charge is -2.38. The molecule has 0 aliphatic carbocycles. The molecule has 34 heavy (non-hydrogen) atoms. The fraction of sp³-hybridized carbons (Fsp3) is 0.231. The SMILES string of the molecule is COc1cc2c(cc1OC)[C@H](CNC(=O)c1cccc(Cl)c1)N(C(=O)Nc1ccccc1)CC2. The summed E-state index contributed by atoms with van der Waals surface area (Å²) in [5, 5.41) is 6.39. The summed E-state index contributed by atoms with van der Waals surface area (Å²) >= 11 is 6.04. The van der Waals surface area contributed by atoms with Crippen molar-refractivity contribution in [3.05, 3.63) is 88.4 Å². The number of rotatable bonds is 6. The Hall–Kier alpha value is -3.71. The van der Waals surface area contributed by atoms with E-state index in [1.807, 2.05) is 42.5 Å². The molecule has 3 aromatic rings. The Balaban J connectivity index is 1.63. The van der Waals surface area contributed by atoms with Crippen LogP contribution in [-0.4, -0.2) is 44.1 Å². The predicted octanol–water partition coefficient (Wildman–Crippen LogP) is 4.92. The lowest BCUT2D eigenvalue weighted by Crippen LogP contribution is -2.46. The Bertz CT molecular complexity index is 1190. The smallest absolute Gasteiger partial charge is 0.322 e. The minimum atomic E-state index is -0.407. The largest absolute Gasteiger partial charge is 0.493 e. The molecule has 1 aliphatic heterocycles. The van der Waals surface area contributed by atoms with Gasteiger partial charge in [-0.1, -0.05) is 35.9 Å². The number of para-hydroxylation sites is 1. The van der Waals surface area contributed by atoms with Crippen LogP contribution in [0, 0.1) is 0 Å². The second-order valence-electron chi connectivity index (χ2n) is 7.88. The van der Waals surface area contributed by atoms with E-state index in [0.29, 0.717) is 40.7 Å². The van der Waals surface area contributed by atoms with Crippen LogP contribution in [0.15, 0.2) is 66.7 Å². The van der Waals surface area contributed by atoms with Crippen LogP contribution < -0.4 is 20.1 Å². The Labute approximate surface area is 203 Å². The van der Waals surface area contributed by atoms with E-state index in [-0.39, 0.29) is 18.5 Å². The zero-order chi connectivity index (χ0) is 24.1. The van der Waals surface area contributed by atoms with E-state index >= 15 is 0 Å². The van der Waals surface area contributed by atoms with Crippen LogP contribution in [0.2, 0.25) is 5.02 Å². The molecule has 0 spiro atoms. The van der Waals surface area contributed by atoms with Gasteiger partial charge in [-0.15, -0.1) is 0 Å². The Kier molecular flexibility index (Phi) is 7.23. The topological polar surface area (TPSA) is 79.9 Å². The summed E-state index contributed by atoms with van der Waals surface area (Å²) in [6, 6.07) is 19.2. The van der Waals surface area contributed by atoms with E-state index in [1.165, 1.54) is 0 Å². The average molecular weight is 480 g/mol. The van der Waals surface area contributed by atoms with Crippen LogP contribution in [0.3, 0.4) is 0 Å². The number of methoxy groups -OCH3 is 2. The van der Waals surface area contributed by atoms with E-state index in [4.69, 9.17) is 21.1 Å². The maximum atomic E-state index is 13.3. The number of nitrogens with zero attached hydrogens (tertiary/aromatic N) is 1. The number of carbonyl (C=O) groups is 2. The van der Waals surface area contributed by atoms with Gasteiger partial charge in [0.2, 0.25) is 0 Å². The third-order valence-electron chi connectivity index (χ3n) is 5.83. The van der Waals surface area contributed by atoms with Gasteiger partial charge in [-0.3, -0.25) is 4.79 Å². The van der Waals surface area contributed by atoms with Gasteiger partial charge >= 0.3 is 6.03 Å². The molecule has 1 atom stereocenters. The van der Waals surface area contributed by atoms with Crippen molar-refractivity contribution in [2.24, 2.45) is 0 Å². The number of nitrogens with one attached hydrogen (secondary N) is 2. The monoisotopic (exact) mass is 479 g/mol. The fourth-order valence-electron chi connectivity index (χ4n) is 4.13. The molecule has 2 N–H and O–H groups in total.